The molecule has 1 aromatic rings. The summed E-state index contributed by atoms with van der Waals surface area (Å²) >= 11 is 2.92. The van der Waals surface area contributed by atoms with E-state index in [1.54, 1.807) is 39.0 Å². The van der Waals surface area contributed by atoms with Gasteiger partial charge in [0.05, 0.1) is 6.61 Å². The molecular weight excluding hydrogens is 448 g/mol. The molecule has 0 spiro atoms. The number of carbonyl (C=O) groups is 1. The normalized spacial score (nSPS) is 21.8. The van der Waals surface area contributed by atoms with Crippen LogP contribution in [0, 0.1) is 0 Å². The first-order valence-electron chi connectivity index (χ1n) is 8.13. The third-order valence-electron chi connectivity index (χ3n) is 4.03. The summed E-state index contributed by atoms with van der Waals surface area (Å²) in [6.45, 7) is 6.37. The highest BCUT2D eigenvalue weighted by Gasteiger charge is 2.65. The number of halogens is 3. The molecule has 1 heterocycles. The van der Waals surface area contributed by atoms with Gasteiger partial charge in [0.15, 0.2) is 5.54 Å². The first-order chi connectivity index (χ1) is 12.0. The Labute approximate surface area is 168 Å². The summed E-state index contributed by atoms with van der Waals surface area (Å²) in [5.41, 5.74) is -1.86. The summed E-state index contributed by atoms with van der Waals surface area (Å²) in [6.07, 6.45) is -0.0608. The maximum Gasteiger partial charge on any atom is 0.379 e. The van der Waals surface area contributed by atoms with Gasteiger partial charge in [-0.25, -0.2) is 4.79 Å². The van der Waals surface area contributed by atoms with Gasteiger partial charge in [0.1, 0.15) is 4.75 Å². The number of carbonyl (C=O) groups excluding carboxylic acids is 1. The third-order valence-corrected chi connectivity index (χ3v) is 7.24. The van der Waals surface area contributed by atoms with Gasteiger partial charge >= 0.3 is 11.9 Å². The third kappa shape index (κ3) is 4.06. The molecule has 0 unspecified atom stereocenters. The maximum atomic E-state index is 15.4. The van der Waals surface area contributed by atoms with Crippen molar-refractivity contribution in [2.24, 2.45) is 0 Å². The lowest BCUT2D eigenvalue weighted by Gasteiger charge is -2.43. The second kappa shape index (κ2) is 7.95. The van der Waals surface area contributed by atoms with Crippen LogP contribution in [0.2, 0.25) is 0 Å². The molecule has 0 aliphatic carbocycles. The summed E-state index contributed by atoms with van der Waals surface area (Å²) in [4.78, 5) is 12.8. The Bertz CT molecular complexity index is 684. The number of nitrogens with one attached hydrogen (secondary N) is 1. The number of thioether (sulfide) groups is 1. The van der Waals surface area contributed by atoms with E-state index < -0.39 is 33.5 Å². The van der Waals surface area contributed by atoms with E-state index in [9.17, 15) is 9.35 Å². The molecular formula is C17H22BrF2NO3S2. The van der Waals surface area contributed by atoms with E-state index in [4.69, 9.17) is 0 Å². The number of rotatable bonds is 5. The van der Waals surface area contributed by atoms with Crippen molar-refractivity contribution >= 4 is 45.0 Å². The number of fused-ring (bicyclic) bond motifs is 1. The maximum absolute atomic E-state index is 15.4. The predicted molar refractivity (Wildman–Crippen MR) is 104 cm³/mol. The van der Waals surface area contributed by atoms with Crippen molar-refractivity contribution in [3.8, 4) is 0 Å². The van der Waals surface area contributed by atoms with E-state index in [1.165, 1.54) is 18.7 Å². The minimum absolute atomic E-state index is 0.0608. The standard InChI is InChI=1S/C17H22BrF2NO3S2/c1-5-24-14(22)17(19,20)16(21-26(23)15(2,3)4)8-9-25-13-7-6-11(18)10-12(13)16/h6-7,10,21H,5,8-9H2,1-4H3/t16-,26-/m1/s1. The molecule has 146 valence electrons. The predicted octanol–water partition coefficient (Wildman–Crippen LogP) is 4.39. The topological polar surface area (TPSA) is 61.4 Å². The Morgan fingerprint density at radius 3 is 2.69 bits per heavy atom. The minimum atomic E-state index is -3.89. The molecule has 2 rings (SSSR count). The first kappa shape index (κ1) is 21.9. The number of ether oxygens (including phenoxy) is 1. The summed E-state index contributed by atoms with van der Waals surface area (Å²) in [5, 5.41) is 0. The zero-order chi connectivity index (χ0) is 19.8. The Hall–Kier alpha value is -0.350. The van der Waals surface area contributed by atoms with Crippen LogP contribution in [-0.2, 0) is 26.4 Å². The van der Waals surface area contributed by atoms with Gasteiger partial charge in [-0.1, -0.05) is 15.9 Å². The molecule has 0 aromatic heterocycles. The van der Waals surface area contributed by atoms with Gasteiger partial charge in [-0.05, 0) is 57.9 Å². The molecule has 0 saturated carbocycles. The number of hydrogen-bond acceptors (Lipinski definition) is 5. The van der Waals surface area contributed by atoms with E-state index in [0.717, 1.165) is 0 Å². The average molecular weight is 470 g/mol. The number of esters is 1. The quantitative estimate of drug-likeness (QED) is 0.511. The fourth-order valence-corrected chi connectivity index (χ4v) is 5.12. The second-order valence-electron chi connectivity index (χ2n) is 6.92. The van der Waals surface area contributed by atoms with Crippen molar-refractivity contribution in [3.63, 3.8) is 0 Å². The zero-order valence-corrected chi connectivity index (χ0v) is 18.2. The van der Waals surface area contributed by atoms with Gasteiger partial charge in [-0.2, -0.15) is 8.78 Å². The van der Waals surface area contributed by atoms with Gasteiger partial charge in [-0.3, -0.25) is 0 Å². The van der Waals surface area contributed by atoms with Gasteiger partial charge in [-0.15, -0.1) is 16.5 Å². The zero-order valence-electron chi connectivity index (χ0n) is 15.0. The van der Waals surface area contributed by atoms with Crippen LogP contribution in [0.5, 0.6) is 0 Å². The highest BCUT2D eigenvalue weighted by molar-refractivity contribution is 9.10. The largest absolute Gasteiger partial charge is 0.598 e. The van der Waals surface area contributed by atoms with E-state index in [2.05, 4.69) is 25.4 Å². The van der Waals surface area contributed by atoms with Crippen LogP contribution in [0.1, 0.15) is 39.7 Å². The van der Waals surface area contributed by atoms with Crippen molar-refractivity contribution in [2.45, 2.75) is 55.2 Å². The smallest absolute Gasteiger partial charge is 0.379 e. The Morgan fingerprint density at radius 2 is 2.12 bits per heavy atom. The monoisotopic (exact) mass is 469 g/mol. The molecule has 1 aliphatic rings. The SMILES string of the molecule is CCOC(=O)C(F)(F)[C@@]1(N[S@+]([O-])C(C)(C)C)CCSc2ccc(Br)cc21. The average Bonchev–Trinajstić information content (AvgIpc) is 2.54. The number of benzene rings is 1. The highest BCUT2D eigenvalue weighted by Crippen LogP contribution is 2.50. The lowest BCUT2D eigenvalue weighted by molar-refractivity contribution is -0.185. The molecule has 1 aliphatic heterocycles. The molecule has 0 fully saturated rings. The van der Waals surface area contributed by atoms with Crippen molar-refractivity contribution in [1.29, 1.82) is 0 Å². The van der Waals surface area contributed by atoms with Crippen molar-refractivity contribution in [1.82, 2.24) is 4.72 Å². The van der Waals surface area contributed by atoms with Crippen LogP contribution in [0.3, 0.4) is 0 Å². The molecule has 9 heteroatoms. The summed E-state index contributed by atoms with van der Waals surface area (Å²) in [6, 6.07) is 5.04. The number of alkyl halides is 2. The van der Waals surface area contributed by atoms with Gasteiger partial charge < -0.3 is 9.29 Å². The van der Waals surface area contributed by atoms with Gasteiger partial charge in [0, 0.05) is 26.5 Å². The van der Waals surface area contributed by atoms with Crippen molar-refractivity contribution < 1.29 is 22.9 Å². The second-order valence-corrected chi connectivity index (χ2v) is 10.9. The summed E-state index contributed by atoms with van der Waals surface area (Å²) < 4.78 is 50.7. The molecule has 1 aromatic carbocycles. The summed E-state index contributed by atoms with van der Waals surface area (Å²) in [7, 11) is 0. The van der Waals surface area contributed by atoms with Crippen LogP contribution in [0.25, 0.3) is 0 Å². The number of hydrogen-bond donors (Lipinski definition) is 1. The van der Waals surface area contributed by atoms with Crippen molar-refractivity contribution in [3.05, 3.63) is 28.2 Å². The van der Waals surface area contributed by atoms with Crippen LogP contribution in [-0.4, -0.2) is 33.6 Å². The molecule has 0 saturated heterocycles. The van der Waals surface area contributed by atoms with Crippen LogP contribution >= 0.6 is 27.7 Å². The van der Waals surface area contributed by atoms with Gasteiger partial charge in [0.2, 0.25) is 0 Å². The minimum Gasteiger partial charge on any atom is -0.598 e. The molecule has 4 nitrogen and oxygen atoms in total. The molecule has 0 amide bonds. The summed E-state index contributed by atoms with van der Waals surface area (Å²) in [5.74, 6) is -5.14. The Morgan fingerprint density at radius 1 is 1.46 bits per heavy atom. The fraction of sp³-hybridized carbons (Fsp3) is 0.588. The van der Waals surface area contributed by atoms with E-state index in [0.29, 0.717) is 15.1 Å². The lowest BCUT2D eigenvalue weighted by Crippen LogP contribution is -2.64. The molecule has 0 bridgehead atoms. The van der Waals surface area contributed by atoms with Crippen LogP contribution in [0.15, 0.2) is 27.6 Å². The Balaban J connectivity index is 2.65. The fourth-order valence-electron chi connectivity index (χ4n) is 2.61. The lowest BCUT2D eigenvalue weighted by atomic mass is 9.81. The van der Waals surface area contributed by atoms with E-state index in [1.807, 2.05) is 0 Å². The molecule has 26 heavy (non-hydrogen) atoms. The van der Waals surface area contributed by atoms with Gasteiger partial charge in [0.25, 0.3) is 0 Å². The van der Waals surface area contributed by atoms with Crippen molar-refractivity contribution in [2.75, 3.05) is 12.4 Å². The molecule has 2 atom stereocenters. The van der Waals surface area contributed by atoms with E-state index in [-0.39, 0.29) is 18.6 Å². The highest BCUT2D eigenvalue weighted by atomic mass is 79.9. The van der Waals surface area contributed by atoms with Crippen LogP contribution < -0.4 is 4.72 Å². The first-order valence-corrected chi connectivity index (χ1v) is 11.1. The van der Waals surface area contributed by atoms with E-state index >= 15 is 8.78 Å². The molecule has 1 N–H and O–H groups in total. The Kier molecular flexibility index (Phi) is 6.71. The molecule has 0 radical (unpaired) electrons. The van der Waals surface area contributed by atoms with Crippen LogP contribution in [0.4, 0.5) is 8.78 Å².